The highest BCUT2D eigenvalue weighted by molar-refractivity contribution is 5.96. The molecule has 2 saturated heterocycles. The molecule has 2 fully saturated rings. The van der Waals surface area contributed by atoms with E-state index in [4.69, 9.17) is 19.2 Å². The van der Waals surface area contributed by atoms with E-state index < -0.39 is 17.1 Å². The van der Waals surface area contributed by atoms with Gasteiger partial charge in [-0.25, -0.2) is 9.78 Å². The maximum absolute atomic E-state index is 14.4. The standard InChI is InChI=1S/C36H56N4O6/c1-26(2)14-15-36(6,23-30(41)32-29(12-9-11-19-44-7)40-16-10-8-13-31(40)37-32)28-22-27(33(42)38-17-20-45-21-18-38)24-39(25-28)34(43)46-35(3,4)5/h8,10,13,16,26-28H,9,11-12,14-15,17-25H2,1-7H3/t27-,28+,36-/m1/s1. The van der Waals surface area contributed by atoms with Gasteiger partial charge in [-0.2, -0.15) is 0 Å². The molecule has 0 N–H and O–H groups in total. The van der Waals surface area contributed by atoms with Crippen molar-refractivity contribution in [3.63, 3.8) is 0 Å². The monoisotopic (exact) mass is 640 g/mol. The van der Waals surface area contributed by atoms with Crippen molar-refractivity contribution in [3.05, 3.63) is 35.8 Å². The summed E-state index contributed by atoms with van der Waals surface area (Å²) in [5, 5.41) is 0. The summed E-state index contributed by atoms with van der Waals surface area (Å²) in [7, 11) is 1.70. The highest BCUT2D eigenvalue weighted by Gasteiger charge is 2.45. The van der Waals surface area contributed by atoms with Crippen LogP contribution in [0.15, 0.2) is 24.4 Å². The Morgan fingerprint density at radius 1 is 1.04 bits per heavy atom. The Morgan fingerprint density at radius 2 is 1.78 bits per heavy atom. The molecule has 256 valence electrons. The molecule has 0 bridgehead atoms. The Hall–Kier alpha value is -2.98. The van der Waals surface area contributed by atoms with E-state index in [-0.39, 0.29) is 23.5 Å². The van der Waals surface area contributed by atoms with Gasteiger partial charge in [-0.3, -0.25) is 9.59 Å². The van der Waals surface area contributed by atoms with Gasteiger partial charge >= 0.3 is 6.09 Å². The second-order valence-electron chi connectivity index (χ2n) is 14.9. The molecule has 0 aromatic carbocycles. The molecule has 4 heterocycles. The number of piperidine rings is 1. The van der Waals surface area contributed by atoms with Crippen molar-refractivity contribution < 1.29 is 28.6 Å². The summed E-state index contributed by atoms with van der Waals surface area (Å²) >= 11 is 0. The summed E-state index contributed by atoms with van der Waals surface area (Å²) in [4.78, 5) is 50.2. The minimum atomic E-state index is -0.659. The third kappa shape index (κ3) is 9.31. The predicted molar refractivity (Wildman–Crippen MR) is 178 cm³/mol. The van der Waals surface area contributed by atoms with E-state index in [2.05, 4.69) is 20.8 Å². The zero-order chi connectivity index (χ0) is 33.5. The van der Waals surface area contributed by atoms with Gasteiger partial charge in [-0.05, 0) is 82.3 Å². The molecule has 0 aliphatic carbocycles. The lowest BCUT2D eigenvalue weighted by molar-refractivity contribution is -0.143. The minimum Gasteiger partial charge on any atom is -0.444 e. The Morgan fingerprint density at radius 3 is 2.46 bits per heavy atom. The summed E-state index contributed by atoms with van der Waals surface area (Å²) < 4.78 is 18.6. The SMILES string of the molecule is COCCCCc1c(C(=O)C[C@@](C)(CCC(C)C)[C@H]2C[C@@H](C(=O)N3CCOCC3)CN(C(=O)OC(C)(C)C)C2)nc2ccccn12. The van der Waals surface area contributed by atoms with E-state index in [0.717, 1.165) is 43.4 Å². The Bertz CT molecular complexity index is 1330. The lowest BCUT2D eigenvalue weighted by Gasteiger charge is -2.47. The molecule has 2 aromatic rings. The second-order valence-corrected chi connectivity index (χ2v) is 14.9. The number of likely N-dealkylation sites (tertiary alicyclic amines) is 1. The number of amides is 2. The Balaban J connectivity index is 1.66. The molecule has 46 heavy (non-hydrogen) atoms. The molecule has 0 unspecified atom stereocenters. The number of morpholine rings is 1. The van der Waals surface area contributed by atoms with Crippen molar-refractivity contribution in [3.8, 4) is 0 Å². The molecule has 4 rings (SSSR count). The number of Topliss-reactive ketones (excluding diaryl/α,β-unsaturated/α-hetero) is 1. The van der Waals surface area contributed by atoms with Crippen molar-refractivity contribution in [2.45, 2.75) is 92.1 Å². The number of aromatic nitrogens is 2. The topological polar surface area (TPSA) is 103 Å². The number of nitrogens with zero attached hydrogens (tertiary/aromatic N) is 4. The third-order valence-corrected chi connectivity index (χ3v) is 9.52. The fourth-order valence-corrected chi connectivity index (χ4v) is 6.85. The number of unbranched alkanes of at least 4 members (excludes halogenated alkanes) is 1. The number of pyridine rings is 1. The molecule has 3 atom stereocenters. The largest absolute Gasteiger partial charge is 0.444 e. The number of carbonyl (C=O) groups is 3. The molecule has 2 aliphatic rings. The summed E-state index contributed by atoms with van der Waals surface area (Å²) in [5.41, 5.74) is 1.10. The van der Waals surface area contributed by atoms with Crippen LogP contribution in [0.3, 0.4) is 0 Å². The van der Waals surface area contributed by atoms with Gasteiger partial charge in [0, 0.05) is 52.5 Å². The predicted octanol–water partition coefficient (Wildman–Crippen LogP) is 6.05. The minimum absolute atomic E-state index is 0.0159. The first kappa shape index (κ1) is 35.9. The molecule has 2 aliphatic heterocycles. The third-order valence-electron chi connectivity index (χ3n) is 9.52. The molecule has 0 radical (unpaired) electrons. The van der Waals surface area contributed by atoms with Crippen molar-refractivity contribution in [1.82, 2.24) is 19.2 Å². The highest BCUT2D eigenvalue weighted by Crippen LogP contribution is 2.45. The van der Waals surface area contributed by atoms with E-state index in [0.29, 0.717) is 70.5 Å². The number of ketones is 1. The summed E-state index contributed by atoms with van der Waals surface area (Å²) in [6.45, 7) is 15.7. The van der Waals surface area contributed by atoms with Gasteiger partial charge in [-0.1, -0.05) is 33.3 Å². The highest BCUT2D eigenvalue weighted by atomic mass is 16.6. The van der Waals surface area contributed by atoms with E-state index >= 15 is 0 Å². The zero-order valence-electron chi connectivity index (χ0n) is 29.2. The molecule has 0 spiro atoms. The fraction of sp³-hybridized carbons (Fsp3) is 0.722. The number of fused-ring (bicyclic) bond motifs is 1. The van der Waals surface area contributed by atoms with E-state index in [9.17, 15) is 14.4 Å². The van der Waals surface area contributed by atoms with E-state index in [1.165, 1.54) is 0 Å². The molecule has 0 saturated carbocycles. The normalized spacial score (nSPS) is 20.6. The van der Waals surface area contributed by atoms with Crippen molar-refractivity contribution in [2.75, 3.05) is 53.1 Å². The van der Waals surface area contributed by atoms with Crippen LogP contribution in [-0.4, -0.2) is 95.7 Å². The molecule has 10 heteroatoms. The number of hydrogen-bond acceptors (Lipinski definition) is 7. The second kappa shape index (κ2) is 15.7. The Kier molecular flexibility index (Phi) is 12.3. The van der Waals surface area contributed by atoms with Gasteiger partial charge in [0.1, 0.15) is 16.9 Å². The van der Waals surface area contributed by atoms with Crippen molar-refractivity contribution in [2.24, 2.45) is 23.2 Å². The number of methoxy groups -OCH3 is 1. The maximum Gasteiger partial charge on any atom is 0.410 e. The quantitative estimate of drug-likeness (QED) is 0.194. The van der Waals surface area contributed by atoms with Gasteiger partial charge in [0.05, 0.1) is 24.8 Å². The molecule has 10 nitrogen and oxygen atoms in total. The first-order valence-corrected chi connectivity index (χ1v) is 17.1. The fourth-order valence-electron chi connectivity index (χ4n) is 6.85. The summed E-state index contributed by atoms with van der Waals surface area (Å²) in [6, 6.07) is 5.85. The average Bonchev–Trinajstić information content (AvgIpc) is 3.40. The first-order chi connectivity index (χ1) is 21.8. The van der Waals surface area contributed by atoms with Crippen LogP contribution in [0.1, 0.15) is 96.2 Å². The number of carbonyl (C=O) groups excluding carboxylic acids is 3. The van der Waals surface area contributed by atoms with Gasteiger partial charge in [0.2, 0.25) is 5.91 Å². The van der Waals surface area contributed by atoms with Gasteiger partial charge in [0.15, 0.2) is 5.78 Å². The molecular weight excluding hydrogens is 584 g/mol. The molecular formula is C36H56N4O6. The van der Waals surface area contributed by atoms with Crippen LogP contribution >= 0.6 is 0 Å². The van der Waals surface area contributed by atoms with E-state index in [1.54, 1.807) is 12.0 Å². The number of ether oxygens (including phenoxy) is 3. The molecule has 2 amide bonds. The van der Waals surface area contributed by atoms with Crippen LogP contribution < -0.4 is 0 Å². The van der Waals surface area contributed by atoms with Crippen molar-refractivity contribution in [1.29, 1.82) is 0 Å². The number of aryl methyl sites for hydroxylation is 1. The Labute approximate surface area is 275 Å². The van der Waals surface area contributed by atoms with Crippen LogP contribution in [0, 0.1) is 23.2 Å². The van der Waals surface area contributed by atoms with E-state index in [1.807, 2.05) is 54.5 Å². The lowest BCUT2D eigenvalue weighted by Crippen LogP contribution is -2.54. The van der Waals surface area contributed by atoms with Crippen LogP contribution in [0.25, 0.3) is 5.65 Å². The van der Waals surface area contributed by atoms with Crippen LogP contribution in [-0.2, 0) is 25.4 Å². The summed E-state index contributed by atoms with van der Waals surface area (Å²) in [5.74, 6) is 0.0651. The lowest BCUT2D eigenvalue weighted by atomic mass is 9.65. The average molecular weight is 641 g/mol. The van der Waals surface area contributed by atoms with Crippen molar-refractivity contribution >= 4 is 23.4 Å². The number of rotatable bonds is 13. The molecule has 2 aromatic heterocycles. The maximum atomic E-state index is 14.4. The van der Waals surface area contributed by atoms with Crippen LogP contribution in [0.4, 0.5) is 4.79 Å². The smallest absolute Gasteiger partial charge is 0.410 e. The summed E-state index contributed by atoms with van der Waals surface area (Å²) in [6.07, 6.45) is 6.73. The number of hydrogen-bond donors (Lipinski definition) is 0. The zero-order valence-corrected chi connectivity index (χ0v) is 29.2. The first-order valence-electron chi connectivity index (χ1n) is 17.1. The van der Waals surface area contributed by atoms with Crippen LogP contribution in [0.2, 0.25) is 0 Å². The van der Waals surface area contributed by atoms with Crippen LogP contribution in [0.5, 0.6) is 0 Å². The van der Waals surface area contributed by atoms with Gasteiger partial charge < -0.3 is 28.4 Å². The van der Waals surface area contributed by atoms with Gasteiger partial charge in [0.25, 0.3) is 0 Å². The van der Waals surface area contributed by atoms with Gasteiger partial charge in [-0.15, -0.1) is 0 Å². The number of imidazole rings is 1.